The summed E-state index contributed by atoms with van der Waals surface area (Å²) in [6.45, 7) is 3.36. The quantitative estimate of drug-likeness (QED) is 0.934. The molecule has 3 atom stereocenters. The van der Waals surface area contributed by atoms with E-state index in [4.69, 9.17) is 5.10 Å². The number of aliphatic hydroxyl groups excluding tert-OH is 1. The van der Waals surface area contributed by atoms with Crippen molar-refractivity contribution >= 4 is 10.9 Å². The Kier molecular flexibility index (Phi) is 3.07. The maximum atomic E-state index is 10.1. The van der Waals surface area contributed by atoms with Gasteiger partial charge in [0.15, 0.2) is 0 Å². The van der Waals surface area contributed by atoms with E-state index in [1.54, 1.807) is 0 Å². The fraction of sp³-hybridized carbons (Fsp3) is 0.611. The van der Waals surface area contributed by atoms with E-state index in [1.165, 1.54) is 42.3 Å². The van der Waals surface area contributed by atoms with Crippen LogP contribution in [0.2, 0.25) is 0 Å². The summed E-state index contributed by atoms with van der Waals surface area (Å²) in [5.41, 5.74) is 2.51. The second-order valence-corrected chi connectivity index (χ2v) is 7.06. The third kappa shape index (κ3) is 1.94. The molecular weight excluding hydrogens is 260 g/mol. The molecule has 1 heterocycles. The average molecular weight is 284 g/mol. The first-order valence-electron chi connectivity index (χ1n) is 8.31. The van der Waals surface area contributed by atoms with Crippen LogP contribution in [0.4, 0.5) is 0 Å². The van der Waals surface area contributed by atoms with Crippen LogP contribution in [-0.2, 0) is 13.0 Å². The summed E-state index contributed by atoms with van der Waals surface area (Å²) in [5, 5.41) is 16.2. The molecule has 3 unspecified atom stereocenters. The Morgan fingerprint density at radius 3 is 2.86 bits per heavy atom. The molecular formula is C18H24N2O. The molecule has 1 N–H and O–H groups in total. The Morgan fingerprint density at radius 2 is 2.19 bits per heavy atom. The summed E-state index contributed by atoms with van der Waals surface area (Å²) < 4.78 is 2.10. The SMILES string of the molecule is CCn1nc(CC2(CO)CC3CCC2C3)c2ccccc21. The molecule has 0 amide bonds. The van der Waals surface area contributed by atoms with E-state index in [0.717, 1.165) is 18.9 Å². The molecule has 2 aromatic rings. The Hall–Kier alpha value is -1.35. The van der Waals surface area contributed by atoms with Crippen molar-refractivity contribution in [2.24, 2.45) is 17.3 Å². The standard InChI is InChI=1S/C18H24N2O/c1-2-20-17-6-4-3-5-15(17)16(19-20)11-18(12-21)10-13-7-8-14(18)9-13/h3-6,13-14,21H,2,7-12H2,1H3. The lowest BCUT2D eigenvalue weighted by Gasteiger charge is -2.35. The van der Waals surface area contributed by atoms with E-state index >= 15 is 0 Å². The molecule has 0 spiro atoms. The summed E-state index contributed by atoms with van der Waals surface area (Å²) in [6.07, 6.45) is 6.14. The topological polar surface area (TPSA) is 38.0 Å². The summed E-state index contributed by atoms with van der Waals surface area (Å²) in [7, 11) is 0. The van der Waals surface area contributed by atoms with Crippen LogP contribution in [-0.4, -0.2) is 21.5 Å². The van der Waals surface area contributed by atoms with Crippen molar-refractivity contribution in [1.82, 2.24) is 9.78 Å². The number of hydrogen-bond donors (Lipinski definition) is 1. The number of rotatable bonds is 4. The van der Waals surface area contributed by atoms with Crippen molar-refractivity contribution < 1.29 is 5.11 Å². The Bertz CT molecular complexity index is 662. The lowest BCUT2D eigenvalue weighted by Crippen LogP contribution is -2.34. The number of aryl methyl sites for hydroxylation is 1. The summed E-state index contributed by atoms with van der Waals surface area (Å²) in [6, 6.07) is 8.52. The van der Waals surface area contributed by atoms with Crippen LogP contribution in [0.25, 0.3) is 10.9 Å². The van der Waals surface area contributed by atoms with Gasteiger partial charge in [-0.25, -0.2) is 0 Å². The van der Waals surface area contributed by atoms with Crippen LogP contribution < -0.4 is 0 Å². The molecule has 2 bridgehead atoms. The van der Waals surface area contributed by atoms with Gasteiger partial charge in [-0.15, -0.1) is 0 Å². The minimum absolute atomic E-state index is 0.0958. The van der Waals surface area contributed by atoms with Crippen molar-refractivity contribution in [3.05, 3.63) is 30.0 Å². The minimum Gasteiger partial charge on any atom is -0.396 e. The summed E-state index contributed by atoms with van der Waals surface area (Å²) in [4.78, 5) is 0. The van der Waals surface area contributed by atoms with Gasteiger partial charge in [-0.3, -0.25) is 4.68 Å². The van der Waals surface area contributed by atoms with Crippen LogP contribution in [0.3, 0.4) is 0 Å². The van der Waals surface area contributed by atoms with E-state index in [9.17, 15) is 5.11 Å². The van der Waals surface area contributed by atoms with Crippen molar-refractivity contribution in [3.8, 4) is 0 Å². The maximum absolute atomic E-state index is 10.1. The number of hydrogen-bond acceptors (Lipinski definition) is 2. The van der Waals surface area contributed by atoms with Gasteiger partial charge in [0.05, 0.1) is 11.2 Å². The Balaban J connectivity index is 1.74. The normalized spacial score (nSPS) is 31.3. The monoisotopic (exact) mass is 284 g/mol. The zero-order valence-electron chi connectivity index (χ0n) is 12.8. The number of aliphatic hydroxyl groups is 1. The van der Waals surface area contributed by atoms with Gasteiger partial charge in [-0.05, 0) is 44.1 Å². The largest absolute Gasteiger partial charge is 0.396 e. The second-order valence-electron chi connectivity index (χ2n) is 7.06. The van der Waals surface area contributed by atoms with Crippen molar-refractivity contribution in [3.63, 3.8) is 0 Å². The van der Waals surface area contributed by atoms with Crippen LogP contribution >= 0.6 is 0 Å². The lowest BCUT2D eigenvalue weighted by atomic mass is 9.70. The number of fused-ring (bicyclic) bond motifs is 3. The van der Waals surface area contributed by atoms with E-state index in [-0.39, 0.29) is 5.41 Å². The molecule has 21 heavy (non-hydrogen) atoms. The first kappa shape index (κ1) is 13.3. The zero-order chi connectivity index (χ0) is 14.4. The Labute approximate surface area is 126 Å². The van der Waals surface area contributed by atoms with Crippen LogP contribution in [0, 0.1) is 17.3 Å². The molecule has 2 saturated carbocycles. The van der Waals surface area contributed by atoms with E-state index in [1.807, 2.05) is 0 Å². The highest BCUT2D eigenvalue weighted by molar-refractivity contribution is 5.82. The Morgan fingerprint density at radius 1 is 1.33 bits per heavy atom. The van der Waals surface area contributed by atoms with Gasteiger partial charge in [0.25, 0.3) is 0 Å². The molecule has 0 saturated heterocycles. The predicted octanol–water partition coefficient (Wildman–Crippen LogP) is 3.40. The van der Waals surface area contributed by atoms with Crippen LogP contribution in [0.15, 0.2) is 24.3 Å². The fourth-order valence-electron chi connectivity index (χ4n) is 4.93. The highest BCUT2D eigenvalue weighted by atomic mass is 16.3. The van der Waals surface area contributed by atoms with E-state index in [2.05, 4.69) is 35.9 Å². The number of para-hydroxylation sites is 1. The highest BCUT2D eigenvalue weighted by Gasteiger charge is 2.50. The highest BCUT2D eigenvalue weighted by Crippen LogP contribution is 2.57. The van der Waals surface area contributed by atoms with Crippen molar-refractivity contribution in [2.45, 2.75) is 45.6 Å². The van der Waals surface area contributed by atoms with Gasteiger partial charge in [-0.2, -0.15) is 5.10 Å². The fourth-order valence-corrected chi connectivity index (χ4v) is 4.93. The molecule has 2 aliphatic rings. The first-order chi connectivity index (χ1) is 10.3. The van der Waals surface area contributed by atoms with Gasteiger partial charge in [0.1, 0.15) is 0 Å². The zero-order valence-corrected chi connectivity index (χ0v) is 12.8. The second kappa shape index (κ2) is 4.84. The first-order valence-corrected chi connectivity index (χ1v) is 8.31. The number of nitrogens with zero attached hydrogens (tertiary/aromatic N) is 2. The van der Waals surface area contributed by atoms with Gasteiger partial charge in [0.2, 0.25) is 0 Å². The average Bonchev–Trinajstić information content (AvgIpc) is 3.21. The van der Waals surface area contributed by atoms with Gasteiger partial charge >= 0.3 is 0 Å². The molecule has 1 aromatic carbocycles. The minimum atomic E-state index is 0.0958. The molecule has 0 radical (unpaired) electrons. The molecule has 2 fully saturated rings. The smallest absolute Gasteiger partial charge is 0.0709 e. The number of aromatic nitrogens is 2. The molecule has 1 aromatic heterocycles. The van der Waals surface area contributed by atoms with Crippen LogP contribution in [0.5, 0.6) is 0 Å². The molecule has 3 heteroatoms. The number of benzene rings is 1. The molecule has 3 nitrogen and oxygen atoms in total. The third-order valence-corrected chi connectivity index (χ3v) is 5.97. The lowest BCUT2D eigenvalue weighted by molar-refractivity contribution is 0.0643. The van der Waals surface area contributed by atoms with E-state index < -0.39 is 0 Å². The molecule has 0 aliphatic heterocycles. The third-order valence-electron chi connectivity index (χ3n) is 5.97. The van der Waals surface area contributed by atoms with Gasteiger partial charge in [-0.1, -0.05) is 24.6 Å². The molecule has 2 aliphatic carbocycles. The van der Waals surface area contributed by atoms with Gasteiger partial charge < -0.3 is 5.11 Å². The van der Waals surface area contributed by atoms with Crippen molar-refractivity contribution in [2.75, 3.05) is 6.61 Å². The molecule has 4 rings (SSSR count). The summed E-state index contributed by atoms with van der Waals surface area (Å²) >= 11 is 0. The predicted molar refractivity (Wildman–Crippen MR) is 84.1 cm³/mol. The maximum Gasteiger partial charge on any atom is 0.0709 e. The summed E-state index contributed by atoms with van der Waals surface area (Å²) in [5.74, 6) is 1.56. The molecule has 112 valence electrons. The van der Waals surface area contributed by atoms with Gasteiger partial charge in [0, 0.05) is 30.4 Å². The van der Waals surface area contributed by atoms with Crippen LogP contribution in [0.1, 0.15) is 38.3 Å². The van der Waals surface area contributed by atoms with Crippen molar-refractivity contribution in [1.29, 1.82) is 0 Å². The van der Waals surface area contributed by atoms with E-state index in [0.29, 0.717) is 12.5 Å².